The molecule has 0 saturated carbocycles. The Kier molecular flexibility index (Phi) is 13.3. The highest BCUT2D eigenvalue weighted by molar-refractivity contribution is 5.43. The molecule has 3 heterocycles. The lowest BCUT2D eigenvalue weighted by molar-refractivity contribution is -0.123. The molecule has 0 radical (unpaired) electrons. The molecule has 0 spiro atoms. The van der Waals surface area contributed by atoms with E-state index in [2.05, 4.69) is 31.0 Å². The summed E-state index contributed by atoms with van der Waals surface area (Å²) in [7, 11) is 1.65. The van der Waals surface area contributed by atoms with E-state index in [1.54, 1.807) is 13.4 Å². The molecule has 2 fully saturated rings. The van der Waals surface area contributed by atoms with Crippen LogP contribution in [-0.2, 0) is 16.1 Å². The van der Waals surface area contributed by atoms with Gasteiger partial charge in [0.25, 0.3) is 12.9 Å². The Bertz CT molecular complexity index is 864. The van der Waals surface area contributed by atoms with Crippen LogP contribution in [0, 0.1) is 0 Å². The van der Waals surface area contributed by atoms with Gasteiger partial charge in [0, 0.05) is 19.0 Å². The number of nitrogens with one attached hydrogen (secondary N) is 1. The molecular weight excluding hydrogens is 470 g/mol. The average Bonchev–Trinajstić information content (AvgIpc) is 3.59. The van der Waals surface area contributed by atoms with Crippen LogP contribution >= 0.6 is 0 Å². The maximum atomic E-state index is 10.5. The lowest BCUT2D eigenvalue weighted by Gasteiger charge is -2.32. The van der Waals surface area contributed by atoms with Gasteiger partial charge in [-0.2, -0.15) is 5.10 Å². The molecule has 0 aliphatic carbocycles. The number of aromatic amines is 1. The molecule has 1 atom stereocenters. The third-order valence-corrected chi connectivity index (χ3v) is 6.14. The fourth-order valence-electron chi connectivity index (χ4n) is 4.47. The number of likely N-dealkylation sites (tertiary alicyclic amines) is 2. The largest absolute Gasteiger partial charge is 0.493 e. The first kappa shape index (κ1) is 29.0. The van der Waals surface area contributed by atoms with Gasteiger partial charge in [-0.3, -0.25) is 19.6 Å². The highest BCUT2D eigenvalue weighted by Crippen LogP contribution is 2.29. The first-order valence-corrected chi connectivity index (χ1v) is 12.0. The van der Waals surface area contributed by atoms with Gasteiger partial charge in [-0.25, -0.2) is 4.98 Å². The number of ether oxygens (including phenoxy) is 2. The van der Waals surface area contributed by atoms with Crippen molar-refractivity contribution in [1.82, 2.24) is 25.0 Å². The number of β-amino-alcohol motifs (C(OH)–C–C–N with tert-alkyl or cyclic N) is 1. The molecule has 4 rings (SSSR count). The lowest BCUT2D eigenvalue weighted by atomic mass is 9.96. The van der Waals surface area contributed by atoms with Crippen molar-refractivity contribution in [2.75, 3.05) is 46.4 Å². The van der Waals surface area contributed by atoms with Crippen molar-refractivity contribution in [2.45, 2.75) is 44.2 Å². The van der Waals surface area contributed by atoms with E-state index in [0.717, 1.165) is 51.4 Å². The molecule has 4 N–H and O–H groups in total. The topological polar surface area (TPSA) is 161 Å². The summed E-state index contributed by atoms with van der Waals surface area (Å²) in [5, 5.41) is 31.2. The molecule has 1 aromatic carbocycles. The normalized spacial score (nSPS) is 17.2. The van der Waals surface area contributed by atoms with E-state index in [9.17, 15) is 5.11 Å². The van der Waals surface area contributed by atoms with Crippen molar-refractivity contribution < 1.29 is 34.4 Å². The van der Waals surface area contributed by atoms with Crippen molar-refractivity contribution in [2.24, 2.45) is 0 Å². The molecule has 2 aliphatic rings. The monoisotopic (exact) mass is 507 g/mol. The van der Waals surface area contributed by atoms with E-state index in [0.29, 0.717) is 24.0 Å². The van der Waals surface area contributed by atoms with Crippen molar-refractivity contribution in [3.63, 3.8) is 0 Å². The molecule has 2 aromatic rings. The number of methoxy groups -OCH3 is 1. The summed E-state index contributed by atoms with van der Waals surface area (Å²) in [6.07, 6.45) is 5.63. The van der Waals surface area contributed by atoms with Crippen LogP contribution in [0.15, 0.2) is 24.5 Å². The lowest BCUT2D eigenvalue weighted by Crippen LogP contribution is -2.40. The minimum atomic E-state index is -0.543. The zero-order valence-corrected chi connectivity index (χ0v) is 20.7. The number of aliphatic hydroxyl groups is 1. The van der Waals surface area contributed by atoms with Crippen LogP contribution in [0.2, 0.25) is 0 Å². The number of aromatic nitrogens is 3. The number of piperidine rings is 1. The van der Waals surface area contributed by atoms with Crippen molar-refractivity contribution >= 4 is 12.9 Å². The number of hydrogen-bond donors (Lipinski definition) is 4. The molecular formula is C24H37N5O7. The van der Waals surface area contributed by atoms with E-state index in [1.165, 1.54) is 18.4 Å². The Balaban J connectivity index is 0.000000693. The number of benzene rings is 1. The van der Waals surface area contributed by atoms with Gasteiger partial charge in [0.15, 0.2) is 11.5 Å². The number of hydrogen-bond acceptors (Lipinski definition) is 9. The second-order valence-electron chi connectivity index (χ2n) is 8.59. The van der Waals surface area contributed by atoms with E-state index < -0.39 is 6.10 Å². The fourth-order valence-corrected chi connectivity index (χ4v) is 4.47. The highest BCUT2D eigenvalue weighted by atomic mass is 16.5. The van der Waals surface area contributed by atoms with Gasteiger partial charge < -0.3 is 29.7 Å². The number of nitrogens with zero attached hydrogens (tertiary/aromatic N) is 4. The van der Waals surface area contributed by atoms with Crippen LogP contribution < -0.4 is 9.47 Å². The van der Waals surface area contributed by atoms with Crippen molar-refractivity contribution in [3.8, 4) is 11.5 Å². The molecule has 2 aliphatic heterocycles. The summed E-state index contributed by atoms with van der Waals surface area (Å²) in [6, 6.07) is 6.10. The number of carboxylic acid groups (broad SMARTS) is 2. The summed E-state index contributed by atoms with van der Waals surface area (Å²) >= 11 is 0. The molecule has 0 amide bonds. The third-order valence-electron chi connectivity index (χ3n) is 6.14. The van der Waals surface area contributed by atoms with Crippen LogP contribution in [0.25, 0.3) is 0 Å². The Morgan fingerprint density at radius 1 is 1.08 bits per heavy atom. The van der Waals surface area contributed by atoms with Crippen molar-refractivity contribution in [3.05, 3.63) is 35.9 Å². The zero-order chi connectivity index (χ0) is 26.2. The molecule has 1 aromatic heterocycles. The summed E-state index contributed by atoms with van der Waals surface area (Å²) in [4.78, 5) is 25.8. The van der Waals surface area contributed by atoms with Gasteiger partial charge in [-0.1, -0.05) is 6.07 Å². The summed E-state index contributed by atoms with van der Waals surface area (Å²) in [6.45, 7) is 5.50. The third kappa shape index (κ3) is 9.80. The number of rotatable bonds is 9. The molecule has 200 valence electrons. The predicted molar refractivity (Wildman–Crippen MR) is 131 cm³/mol. The standard InChI is InChI=1S/C22H33N5O3.2CH2O2/c1-29-20-5-4-17(13-26-8-2-3-9-26)12-21(20)30-15-19(28)14-27-10-6-18(7-11-27)22-23-16-24-25-22;2*2-1-3/h4-5,12,16,18-19,28H,2-3,6-11,13-15H2,1H3,(H,23,24,25);2*1H,(H,2,3). The second-order valence-corrected chi connectivity index (χ2v) is 8.59. The highest BCUT2D eigenvalue weighted by Gasteiger charge is 2.24. The van der Waals surface area contributed by atoms with E-state index >= 15 is 0 Å². The van der Waals surface area contributed by atoms with Gasteiger partial charge in [0.05, 0.1) is 7.11 Å². The molecule has 12 nitrogen and oxygen atoms in total. The van der Waals surface area contributed by atoms with Gasteiger partial charge in [-0.15, -0.1) is 0 Å². The molecule has 2 saturated heterocycles. The molecule has 0 bridgehead atoms. The zero-order valence-electron chi connectivity index (χ0n) is 20.7. The minimum Gasteiger partial charge on any atom is -0.493 e. The van der Waals surface area contributed by atoms with Crippen molar-refractivity contribution in [1.29, 1.82) is 0 Å². The summed E-state index contributed by atoms with van der Waals surface area (Å²) < 4.78 is 11.4. The predicted octanol–water partition coefficient (Wildman–Crippen LogP) is 1.43. The summed E-state index contributed by atoms with van der Waals surface area (Å²) in [5.74, 6) is 2.82. The van der Waals surface area contributed by atoms with Gasteiger partial charge in [-0.05, 0) is 69.6 Å². The van der Waals surface area contributed by atoms with Crippen LogP contribution in [0.1, 0.15) is 43.0 Å². The van der Waals surface area contributed by atoms with Crippen LogP contribution in [0.3, 0.4) is 0 Å². The smallest absolute Gasteiger partial charge is 0.290 e. The quantitative estimate of drug-likeness (QED) is 0.363. The molecule has 1 unspecified atom stereocenters. The van der Waals surface area contributed by atoms with E-state index in [-0.39, 0.29) is 19.6 Å². The summed E-state index contributed by atoms with van der Waals surface area (Å²) in [5.41, 5.74) is 1.22. The van der Waals surface area contributed by atoms with E-state index in [4.69, 9.17) is 29.3 Å². The first-order valence-electron chi connectivity index (χ1n) is 12.0. The van der Waals surface area contributed by atoms with Crippen LogP contribution in [-0.4, -0.2) is 106 Å². The Hall–Kier alpha value is -3.22. The first-order chi connectivity index (χ1) is 17.5. The SMILES string of the molecule is COc1ccc(CN2CCCC2)cc1OCC(O)CN1CCC(c2ncn[nH]2)CC1.O=CO.O=CO. The minimum absolute atomic E-state index is 0.250. The Morgan fingerprint density at radius 3 is 2.33 bits per heavy atom. The van der Waals surface area contributed by atoms with Gasteiger partial charge in [0.1, 0.15) is 24.9 Å². The number of H-pyrrole nitrogens is 1. The Morgan fingerprint density at radius 2 is 1.75 bits per heavy atom. The van der Waals surface area contributed by atoms with Crippen LogP contribution in [0.5, 0.6) is 11.5 Å². The second kappa shape index (κ2) is 16.5. The van der Waals surface area contributed by atoms with Gasteiger partial charge in [0.2, 0.25) is 0 Å². The van der Waals surface area contributed by atoms with E-state index in [1.807, 2.05) is 12.1 Å². The number of aliphatic hydroxyl groups excluding tert-OH is 1. The number of carbonyl (C=O) groups is 2. The molecule has 36 heavy (non-hydrogen) atoms. The Labute approximate surface area is 210 Å². The fraction of sp³-hybridized carbons (Fsp3) is 0.583. The van der Waals surface area contributed by atoms with Gasteiger partial charge >= 0.3 is 0 Å². The maximum absolute atomic E-state index is 10.5. The molecule has 12 heteroatoms. The maximum Gasteiger partial charge on any atom is 0.290 e. The van der Waals surface area contributed by atoms with Crippen LogP contribution in [0.4, 0.5) is 0 Å². The average molecular weight is 508 g/mol.